The van der Waals surface area contributed by atoms with Gasteiger partial charge in [-0.3, -0.25) is 9.59 Å². The lowest BCUT2D eigenvalue weighted by Gasteiger charge is -2.10. The minimum absolute atomic E-state index is 0.202. The van der Waals surface area contributed by atoms with E-state index in [0.29, 0.717) is 11.3 Å². The molecule has 0 heterocycles. The number of carbonyl (C=O) groups excluding carboxylic acids is 3. The van der Waals surface area contributed by atoms with Gasteiger partial charge >= 0.3 is 5.97 Å². The average molecular weight is 297 g/mol. The summed E-state index contributed by atoms with van der Waals surface area (Å²) in [4.78, 5) is 35.0. The van der Waals surface area contributed by atoms with Crippen LogP contribution in [0.3, 0.4) is 0 Å². The third kappa shape index (κ3) is 4.02. The van der Waals surface area contributed by atoms with E-state index in [2.05, 4.69) is 5.32 Å². The topological polar surface area (TPSA) is 72.5 Å². The van der Waals surface area contributed by atoms with Crippen molar-refractivity contribution in [2.45, 2.75) is 6.92 Å². The zero-order valence-corrected chi connectivity index (χ0v) is 12.0. The number of amides is 1. The van der Waals surface area contributed by atoms with Gasteiger partial charge in [-0.2, -0.15) is 0 Å². The first kappa shape index (κ1) is 15.4. The molecule has 0 aliphatic rings. The molecule has 5 heteroatoms. The van der Waals surface area contributed by atoms with Crippen molar-refractivity contribution in [3.8, 4) is 0 Å². The summed E-state index contributed by atoms with van der Waals surface area (Å²) in [6.07, 6.45) is 0. The molecule has 0 aliphatic carbocycles. The molecule has 2 aromatic rings. The number of hydrogen-bond donors (Lipinski definition) is 1. The Morgan fingerprint density at radius 3 is 2.27 bits per heavy atom. The highest BCUT2D eigenvalue weighted by atomic mass is 16.5. The fourth-order valence-electron chi connectivity index (χ4n) is 1.80. The van der Waals surface area contributed by atoms with Crippen molar-refractivity contribution >= 4 is 23.3 Å². The molecule has 5 nitrogen and oxygen atoms in total. The molecule has 0 radical (unpaired) electrons. The van der Waals surface area contributed by atoms with Crippen molar-refractivity contribution in [1.82, 2.24) is 0 Å². The predicted octanol–water partition coefficient (Wildman–Crippen LogP) is 2.68. The molecule has 2 aromatic carbocycles. The number of benzene rings is 2. The van der Waals surface area contributed by atoms with Crippen LogP contribution in [0.15, 0.2) is 54.6 Å². The maximum absolute atomic E-state index is 12.1. The summed E-state index contributed by atoms with van der Waals surface area (Å²) in [5.41, 5.74) is 1.02. The van der Waals surface area contributed by atoms with Crippen LogP contribution < -0.4 is 5.32 Å². The highest BCUT2D eigenvalue weighted by molar-refractivity contribution is 6.08. The van der Waals surface area contributed by atoms with Gasteiger partial charge in [0.05, 0.1) is 11.3 Å². The summed E-state index contributed by atoms with van der Waals surface area (Å²) in [5.74, 6) is -1.23. The van der Waals surface area contributed by atoms with E-state index in [-0.39, 0.29) is 23.9 Å². The largest absolute Gasteiger partial charge is 0.454 e. The zero-order valence-electron chi connectivity index (χ0n) is 12.0. The fraction of sp³-hybridized carbons (Fsp3) is 0.118. The van der Waals surface area contributed by atoms with Crippen LogP contribution in [-0.4, -0.2) is 24.3 Å². The Morgan fingerprint density at radius 1 is 0.955 bits per heavy atom. The third-order valence-electron chi connectivity index (χ3n) is 2.84. The number of anilines is 1. The lowest BCUT2D eigenvalue weighted by molar-refractivity contribution is -0.120. The van der Waals surface area contributed by atoms with E-state index < -0.39 is 5.97 Å². The first-order valence-electron chi connectivity index (χ1n) is 6.70. The van der Waals surface area contributed by atoms with Crippen LogP contribution in [0.25, 0.3) is 0 Å². The predicted molar refractivity (Wildman–Crippen MR) is 81.8 cm³/mol. The van der Waals surface area contributed by atoms with Crippen LogP contribution in [0.4, 0.5) is 5.69 Å². The van der Waals surface area contributed by atoms with Crippen molar-refractivity contribution in [3.63, 3.8) is 0 Å². The number of carbonyl (C=O) groups is 3. The second-order valence-electron chi connectivity index (χ2n) is 4.64. The first-order chi connectivity index (χ1) is 10.6. The molecule has 0 aliphatic heterocycles. The SMILES string of the molecule is CC(=O)COC(=O)c1ccccc1NC(=O)c1ccccc1. The molecule has 0 bridgehead atoms. The smallest absolute Gasteiger partial charge is 0.340 e. The van der Waals surface area contributed by atoms with E-state index >= 15 is 0 Å². The lowest BCUT2D eigenvalue weighted by Crippen LogP contribution is -2.17. The summed E-state index contributed by atoms with van der Waals surface area (Å²) >= 11 is 0. The molecule has 0 aromatic heterocycles. The lowest BCUT2D eigenvalue weighted by atomic mass is 10.1. The Balaban J connectivity index is 2.16. The van der Waals surface area contributed by atoms with Gasteiger partial charge in [0, 0.05) is 5.56 Å². The quantitative estimate of drug-likeness (QED) is 0.861. The molecule has 1 amide bonds. The van der Waals surface area contributed by atoms with Crippen molar-refractivity contribution in [2.75, 3.05) is 11.9 Å². The van der Waals surface area contributed by atoms with Gasteiger partial charge in [-0.1, -0.05) is 30.3 Å². The Hall–Kier alpha value is -2.95. The first-order valence-corrected chi connectivity index (χ1v) is 6.70. The molecule has 0 unspecified atom stereocenters. The molecule has 0 fully saturated rings. The van der Waals surface area contributed by atoms with Crippen LogP contribution in [0.2, 0.25) is 0 Å². The Bertz CT molecular complexity index is 695. The van der Waals surface area contributed by atoms with Gasteiger partial charge in [0.1, 0.15) is 6.61 Å². The number of para-hydroxylation sites is 1. The summed E-state index contributed by atoms with van der Waals surface area (Å²) in [6, 6.07) is 15.1. The van der Waals surface area contributed by atoms with Crippen LogP contribution in [0.5, 0.6) is 0 Å². The van der Waals surface area contributed by atoms with E-state index in [1.165, 1.54) is 13.0 Å². The molecule has 0 spiro atoms. The van der Waals surface area contributed by atoms with Crippen LogP contribution in [-0.2, 0) is 9.53 Å². The van der Waals surface area contributed by atoms with Gasteiger partial charge in [-0.05, 0) is 31.2 Å². The molecule has 112 valence electrons. The second kappa shape index (κ2) is 7.17. The minimum Gasteiger partial charge on any atom is -0.454 e. The number of nitrogens with one attached hydrogen (secondary N) is 1. The number of Topliss-reactive ketones (excluding diaryl/α,β-unsaturated/α-hetero) is 1. The summed E-state index contributed by atoms with van der Waals surface area (Å²) in [7, 11) is 0. The van der Waals surface area contributed by atoms with Gasteiger partial charge in [0.25, 0.3) is 5.91 Å². The Morgan fingerprint density at radius 2 is 1.59 bits per heavy atom. The minimum atomic E-state index is -0.654. The van der Waals surface area contributed by atoms with E-state index in [1.807, 2.05) is 6.07 Å². The maximum Gasteiger partial charge on any atom is 0.340 e. The van der Waals surface area contributed by atoms with Crippen molar-refractivity contribution in [2.24, 2.45) is 0 Å². The molecule has 22 heavy (non-hydrogen) atoms. The maximum atomic E-state index is 12.1. The number of ether oxygens (including phenoxy) is 1. The van der Waals surface area contributed by atoms with Gasteiger partial charge in [-0.25, -0.2) is 4.79 Å². The van der Waals surface area contributed by atoms with Gasteiger partial charge in [0.2, 0.25) is 0 Å². The highest BCUT2D eigenvalue weighted by Crippen LogP contribution is 2.17. The number of ketones is 1. The molecular weight excluding hydrogens is 282 g/mol. The highest BCUT2D eigenvalue weighted by Gasteiger charge is 2.15. The molecule has 0 atom stereocenters. The number of hydrogen-bond acceptors (Lipinski definition) is 4. The summed E-state index contributed by atoms with van der Waals surface area (Å²) in [6.45, 7) is 1.04. The van der Waals surface area contributed by atoms with E-state index in [1.54, 1.807) is 42.5 Å². The van der Waals surface area contributed by atoms with Gasteiger partial charge in [-0.15, -0.1) is 0 Å². The normalized spacial score (nSPS) is 9.86. The van der Waals surface area contributed by atoms with E-state index in [4.69, 9.17) is 4.74 Å². The van der Waals surface area contributed by atoms with Crippen LogP contribution in [0.1, 0.15) is 27.6 Å². The van der Waals surface area contributed by atoms with E-state index in [9.17, 15) is 14.4 Å². The molecule has 0 saturated carbocycles. The zero-order chi connectivity index (χ0) is 15.9. The molecule has 0 saturated heterocycles. The molecule has 2 rings (SSSR count). The number of esters is 1. The standard InChI is InChI=1S/C17H15NO4/c1-12(19)11-22-17(21)14-9-5-6-10-15(14)18-16(20)13-7-3-2-4-8-13/h2-10H,11H2,1H3,(H,18,20). The Labute approximate surface area is 127 Å². The monoisotopic (exact) mass is 297 g/mol. The van der Waals surface area contributed by atoms with Gasteiger partial charge in [0.15, 0.2) is 5.78 Å². The van der Waals surface area contributed by atoms with Crippen molar-refractivity contribution in [3.05, 3.63) is 65.7 Å². The molecular formula is C17H15NO4. The van der Waals surface area contributed by atoms with Crippen LogP contribution >= 0.6 is 0 Å². The van der Waals surface area contributed by atoms with Crippen LogP contribution in [0, 0.1) is 0 Å². The average Bonchev–Trinajstić information content (AvgIpc) is 2.54. The second-order valence-corrected chi connectivity index (χ2v) is 4.64. The summed E-state index contributed by atoms with van der Waals surface area (Å²) in [5, 5.41) is 2.67. The van der Waals surface area contributed by atoms with E-state index in [0.717, 1.165) is 0 Å². The third-order valence-corrected chi connectivity index (χ3v) is 2.84. The fourth-order valence-corrected chi connectivity index (χ4v) is 1.80. The van der Waals surface area contributed by atoms with Crippen molar-refractivity contribution < 1.29 is 19.1 Å². The van der Waals surface area contributed by atoms with Crippen molar-refractivity contribution in [1.29, 1.82) is 0 Å². The number of rotatable bonds is 5. The van der Waals surface area contributed by atoms with Gasteiger partial charge < -0.3 is 10.1 Å². The molecule has 1 N–H and O–H groups in total. The summed E-state index contributed by atoms with van der Waals surface area (Å²) < 4.78 is 4.88. The Kier molecular flexibility index (Phi) is 5.03.